The van der Waals surface area contributed by atoms with Crippen LogP contribution in [0.3, 0.4) is 0 Å². The maximum Gasteiger partial charge on any atom is 0.148 e. The standard InChI is InChI=1S/C38H66O2/c1-25(2)23-37(17,27(5)33(7,8)9)31(39)35(13,14)29-19-21-30(22-20-29)36(15,16)32(40)38(18,24-26(3)4)28(6)34(10,11)12/h19-22,25-28H,23-24H2,1-18H3. The van der Waals surface area contributed by atoms with E-state index in [1.807, 2.05) is 0 Å². The molecule has 230 valence electrons. The van der Waals surface area contributed by atoms with Gasteiger partial charge >= 0.3 is 0 Å². The van der Waals surface area contributed by atoms with E-state index in [1.165, 1.54) is 0 Å². The minimum Gasteiger partial charge on any atom is -0.298 e. The first kappa shape index (κ1) is 36.6. The average molecular weight is 555 g/mol. The Kier molecular flexibility index (Phi) is 11.0. The molecule has 4 atom stereocenters. The van der Waals surface area contributed by atoms with Gasteiger partial charge in [-0.25, -0.2) is 0 Å². The number of Topliss-reactive ketones (excluding diaryl/α,β-unsaturated/α-hetero) is 2. The molecule has 0 spiro atoms. The molecular weight excluding hydrogens is 488 g/mol. The van der Waals surface area contributed by atoms with Crippen molar-refractivity contribution in [3.05, 3.63) is 35.4 Å². The smallest absolute Gasteiger partial charge is 0.148 e. The summed E-state index contributed by atoms with van der Waals surface area (Å²) in [5.74, 6) is 1.94. The van der Waals surface area contributed by atoms with Crippen LogP contribution < -0.4 is 0 Å². The van der Waals surface area contributed by atoms with Gasteiger partial charge in [0.25, 0.3) is 0 Å². The topological polar surface area (TPSA) is 34.1 Å². The SMILES string of the molecule is CC(C)CC(C)(C(=O)C(C)(C)c1ccc(C(C)(C)C(=O)C(C)(CC(C)C)C(C)C(C)(C)C)cc1)C(C)C(C)(C)C. The summed E-state index contributed by atoms with van der Waals surface area (Å²) in [7, 11) is 0. The minimum absolute atomic E-state index is 0.0243. The van der Waals surface area contributed by atoms with Gasteiger partial charge in [-0.05, 0) is 86.2 Å². The predicted molar refractivity (Wildman–Crippen MR) is 175 cm³/mol. The van der Waals surface area contributed by atoms with Gasteiger partial charge in [0, 0.05) is 21.7 Å². The first-order chi connectivity index (χ1) is 17.7. The van der Waals surface area contributed by atoms with Crippen molar-refractivity contribution in [2.75, 3.05) is 0 Å². The van der Waals surface area contributed by atoms with Crippen LogP contribution in [0.1, 0.15) is 149 Å². The Bertz CT molecular complexity index is 926. The lowest BCUT2D eigenvalue weighted by molar-refractivity contribution is -0.140. The van der Waals surface area contributed by atoms with Crippen molar-refractivity contribution in [3.63, 3.8) is 0 Å². The Morgan fingerprint density at radius 2 is 0.725 bits per heavy atom. The molecule has 0 saturated carbocycles. The normalized spacial score (nSPS) is 18.3. The van der Waals surface area contributed by atoms with Crippen molar-refractivity contribution < 1.29 is 9.59 Å². The summed E-state index contributed by atoms with van der Waals surface area (Å²) in [5.41, 5.74) is -0.0580. The van der Waals surface area contributed by atoms with Gasteiger partial charge in [0.15, 0.2) is 0 Å². The molecule has 2 heteroatoms. The van der Waals surface area contributed by atoms with E-state index in [9.17, 15) is 9.59 Å². The van der Waals surface area contributed by atoms with Gasteiger partial charge in [0.2, 0.25) is 0 Å². The molecule has 0 aliphatic carbocycles. The van der Waals surface area contributed by atoms with E-state index in [0.29, 0.717) is 23.4 Å². The highest BCUT2D eigenvalue weighted by atomic mass is 16.1. The zero-order valence-electron chi connectivity index (χ0n) is 29.8. The van der Waals surface area contributed by atoms with Crippen LogP contribution in [0.2, 0.25) is 0 Å². The molecular formula is C38H66O2. The summed E-state index contributed by atoms with van der Waals surface area (Å²) < 4.78 is 0. The third kappa shape index (κ3) is 7.49. The zero-order valence-corrected chi connectivity index (χ0v) is 29.8. The average Bonchev–Trinajstić information content (AvgIpc) is 2.79. The quantitative estimate of drug-likeness (QED) is 0.257. The molecule has 0 heterocycles. The second-order valence-corrected chi connectivity index (χ2v) is 17.7. The minimum atomic E-state index is -0.636. The highest BCUT2D eigenvalue weighted by Gasteiger charge is 2.51. The summed E-state index contributed by atoms with van der Waals surface area (Å²) in [5, 5.41) is 0. The number of hydrogen-bond donors (Lipinski definition) is 0. The van der Waals surface area contributed by atoms with Crippen molar-refractivity contribution in [2.24, 2.45) is 45.3 Å². The highest BCUT2D eigenvalue weighted by Crippen LogP contribution is 2.50. The number of rotatable bonds is 12. The Morgan fingerprint density at radius 1 is 0.500 bits per heavy atom. The maximum atomic E-state index is 14.4. The number of ketones is 2. The molecule has 0 bridgehead atoms. The fourth-order valence-electron chi connectivity index (χ4n) is 7.53. The molecule has 0 aliphatic heterocycles. The van der Waals surface area contributed by atoms with Gasteiger partial charge in [-0.15, -0.1) is 0 Å². The van der Waals surface area contributed by atoms with Crippen molar-refractivity contribution in [2.45, 2.75) is 148 Å². The van der Waals surface area contributed by atoms with Crippen LogP contribution in [0.5, 0.6) is 0 Å². The monoisotopic (exact) mass is 555 g/mol. The lowest BCUT2D eigenvalue weighted by atomic mass is 9.55. The lowest BCUT2D eigenvalue weighted by Crippen LogP contribution is -2.49. The van der Waals surface area contributed by atoms with E-state index in [1.54, 1.807) is 0 Å². The number of benzene rings is 1. The Labute approximate surface area is 249 Å². The fraction of sp³-hybridized carbons (Fsp3) is 0.789. The van der Waals surface area contributed by atoms with Gasteiger partial charge in [-0.3, -0.25) is 9.59 Å². The third-order valence-electron chi connectivity index (χ3n) is 10.7. The van der Waals surface area contributed by atoms with Crippen LogP contribution in [0.15, 0.2) is 24.3 Å². The van der Waals surface area contributed by atoms with Crippen molar-refractivity contribution >= 4 is 11.6 Å². The molecule has 0 N–H and O–H groups in total. The predicted octanol–water partition coefficient (Wildman–Crippen LogP) is 10.8. The maximum absolute atomic E-state index is 14.4. The van der Waals surface area contributed by atoms with Crippen LogP contribution in [-0.4, -0.2) is 11.6 Å². The van der Waals surface area contributed by atoms with Crippen LogP contribution in [-0.2, 0) is 20.4 Å². The number of carbonyl (C=O) groups is 2. The van der Waals surface area contributed by atoms with E-state index in [2.05, 4.69) is 149 Å². The number of carbonyl (C=O) groups excluding carboxylic acids is 2. The Balaban J connectivity index is 3.55. The Morgan fingerprint density at radius 3 is 0.900 bits per heavy atom. The summed E-state index contributed by atoms with van der Waals surface area (Å²) in [4.78, 5) is 28.9. The van der Waals surface area contributed by atoms with Crippen LogP contribution in [0, 0.1) is 45.3 Å². The summed E-state index contributed by atoms with van der Waals surface area (Å²) >= 11 is 0. The van der Waals surface area contributed by atoms with E-state index in [0.717, 1.165) is 24.0 Å². The summed E-state index contributed by atoms with van der Waals surface area (Å²) in [6, 6.07) is 8.42. The van der Waals surface area contributed by atoms with Crippen LogP contribution in [0.25, 0.3) is 0 Å². The second-order valence-electron chi connectivity index (χ2n) is 17.7. The van der Waals surface area contributed by atoms with E-state index < -0.39 is 21.7 Å². The van der Waals surface area contributed by atoms with Gasteiger partial charge in [-0.1, -0.05) is 121 Å². The molecule has 0 saturated heterocycles. The third-order valence-corrected chi connectivity index (χ3v) is 10.7. The summed E-state index contributed by atoms with van der Waals surface area (Å²) in [6.45, 7) is 39.6. The van der Waals surface area contributed by atoms with Gasteiger partial charge < -0.3 is 0 Å². The fourth-order valence-corrected chi connectivity index (χ4v) is 7.53. The van der Waals surface area contributed by atoms with Crippen LogP contribution in [0.4, 0.5) is 0 Å². The highest BCUT2D eigenvalue weighted by molar-refractivity contribution is 5.95. The molecule has 0 fully saturated rings. The molecule has 1 aromatic carbocycles. The van der Waals surface area contributed by atoms with Gasteiger partial charge in [0.1, 0.15) is 11.6 Å². The molecule has 0 aliphatic rings. The van der Waals surface area contributed by atoms with E-state index in [4.69, 9.17) is 0 Å². The van der Waals surface area contributed by atoms with Gasteiger partial charge in [0.05, 0.1) is 0 Å². The molecule has 0 radical (unpaired) electrons. The van der Waals surface area contributed by atoms with Gasteiger partial charge in [-0.2, -0.15) is 0 Å². The molecule has 0 aromatic heterocycles. The first-order valence-corrected chi connectivity index (χ1v) is 15.9. The molecule has 1 aromatic rings. The first-order valence-electron chi connectivity index (χ1n) is 15.9. The molecule has 40 heavy (non-hydrogen) atoms. The van der Waals surface area contributed by atoms with Crippen molar-refractivity contribution in [1.82, 2.24) is 0 Å². The van der Waals surface area contributed by atoms with E-state index in [-0.39, 0.29) is 22.7 Å². The zero-order chi connectivity index (χ0) is 31.9. The Hall–Kier alpha value is -1.44. The lowest BCUT2D eigenvalue weighted by Gasteiger charge is -2.47. The molecule has 0 amide bonds. The van der Waals surface area contributed by atoms with Crippen molar-refractivity contribution in [1.29, 1.82) is 0 Å². The molecule has 2 nitrogen and oxygen atoms in total. The van der Waals surface area contributed by atoms with E-state index >= 15 is 0 Å². The van der Waals surface area contributed by atoms with Crippen LogP contribution >= 0.6 is 0 Å². The second kappa shape index (κ2) is 12.0. The molecule has 4 unspecified atom stereocenters. The summed E-state index contributed by atoms with van der Waals surface area (Å²) in [6.07, 6.45) is 1.74. The van der Waals surface area contributed by atoms with Crippen molar-refractivity contribution in [3.8, 4) is 0 Å². The molecule has 1 rings (SSSR count). The largest absolute Gasteiger partial charge is 0.298 e. The number of hydrogen-bond acceptors (Lipinski definition) is 2.